The molecule has 0 heterocycles. The van der Waals surface area contributed by atoms with Gasteiger partial charge in [-0.15, -0.1) is 0 Å². The standard InChI is InChI=1S/C13H28N6O4/c1-19(2,3)6-7-23-12(22)9(14)8(10(20)11(15)21)4-5-18-13(16)17/h8-10,20H,4-7,14H2,1-3H3,(H5-,15,16,17,18,21)/p+1/t8?,9-,10?/m0/s1. The van der Waals surface area contributed by atoms with Crippen LogP contribution in [0.4, 0.5) is 0 Å². The number of hydrogen-bond donors (Lipinski definition) is 5. The van der Waals surface area contributed by atoms with E-state index in [2.05, 4.69) is 4.99 Å². The molecule has 0 saturated heterocycles. The van der Waals surface area contributed by atoms with Gasteiger partial charge in [-0.1, -0.05) is 0 Å². The molecule has 0 aliphatic rings. The molecule has 10 nitrogen and oxygen atoms in total. The Morgan fingerprint density at radius 2 is 1.78 bits per heavy atom. The predicted octanol–water partition coefficient (Wildman–Crippen LogP) is -3.31. The Kier molecular flexibility index (Phi) is 8.51. The molecule has 1 amide bonds. The second kappa shape index (κ2) is 9.28. The van der Waals surface area contributed by atoms with Gasteiger partial charge in [-0.25, -0.2) is 0 Å². The van der Waals surface area contributed by atoms with Crippen molar-refractivity contribution < 1.29 is 23.9 Å². The highest BCUT2D eigenvalue weighted by atomic mass is 16.5. The number of amides is 1. The second-order valence-electron chi connectivity index (χ2n) is 6.31. The molecule has 0 radical (unpaired) electrons. The number of aliphatic imine (C=N–C) groups is 1. The third-order valence-electron chi connectivity index (χ3n) is 3.19. The van der Waals surface area contributed by atoms with Crippen molar-refractivity contribution in [1.82, 2.24) is 0 Å². The summed E-state index contributed by atoms with van der Waals surface area (Å²) < 4.78 is 5.70. The first-order chi connectivity index (χ1) is 10.5. The average Bonchev–Trinajstić information content (AvgIpc) is 2.40. The predicted molar refractivity (Wildman–Crippen MR) is 85.8 cm³/mol. The van der Waals surface area contributed by atoms with Crippen molar-refractivity contribution in [3.63, 3.8) is 0 Å². The molecule has 0 rings (SSSR count). The van der Waals surface area contributed by atoms with Gasteiger partial charge in [0.1, 0.15) is 25.3 Å². The van der Waals surface area contributed by atoms with Gasteiger partial charge >= 0.3 is 5.97 Å². The fourth-order valence-corrected chi connectivity index (χ4v) is 1.78. The molecule has 2 unspecified atom stereocenters. The van der Waals surface area contributed by atoms with E-state index >= 15 is 0 Å². The molecular weight excluding hydrogens is 304 g/mol. The van der Waals surface area contributed by atoms with Crippen LogP contribution in [0.3, 0.4) is 0 Å². The number of guanidine groups is 1. The number of nitrogens with two attached hydrogens (primary N) is 4. The fraction of sp³-hybridized carbons (Fsp3) is 0.769. The van der Waals surface area contributed by atoms with Gasteiger partial charge in [-0.2, -0.15) is 0 Å². The molecule has 0 spiro atoms. The molecule has 0 aromatic heterocycles. The minimum atomic E-state index is -1.59. The van der Waals surface area contributed by atoms with Crippen molar-refractivity contribution in [3.05, 3.63) is 0 Å². The van der Waals surface area contributed by atoms with Crippen molar-refractivity contribution in [2.45, 2.75) is 18.6 Å². The van der Waals surface area contributed by atoms with Crippen molar-refractivity contribution in [2.24, 2.45) is 33.8 Å². The van der Waals surface area contributed by atoms with Crippen molar-refractivity contribution in [1.29, 1.82) is 0 Å². The van der Waals surface area contributed by atoms with Crippen LogP contribution in [0.15, 0.2) is 4.99 Å². The highest BCUT2D eigenvalue weighted by molar-refractivity contribution is 5.82. The van der Waals surface area contributed by atoms with E-state index in [1.54, 1.807) is 0 Å². The zero-order chi connectivity index (χ0) is 18.2. The summed E-state index contributed by atoms with van der Waals surface area (Å²) in [6.07, 6.45) is -1.49. The molecule has 0 aliphatic heterocycles. The highest BCUT2D eigenvalue weighted by Gasteiger charge is 2.34. The van der Waals surface area contributed by atoms with Crippen LogP contribution in [-0.4, -0.2) is 80.4 Å². The number of ether oxygens (including phenoxy) is 1. The van der Waals surface area contributed by atoms with E-state index in [1.165, 1.54) is 0 Å². The van der Waals surface area contributed by atoms with Gasteiger partial charge in [-0.3, -0.25) is 14.6 Å². The van der Waals surface area contributed by atoms with Gasteiger partial charge < -0.3 is 37.3 Å². The van der Waals surface area contributed by atoms with Gasteiger partial charge in [-0.05, 0) is 6.42 Å². The van der Waals surface area contributed by atoms with Gasteiger partial charge in [0, 0.05) is 12.5 Å². The summed E-state index contributed by atoms with van der Waals surface area (Å²) in [7, 11) is 5.84. The summed E-state index contributed by atoms with van der Waals surface area (Å²) in [6, 6.07) is -1.21. The Morgan fingerprint density at radius 1 is 1.22 bits per heavy atom. The first-order valence-electron chi connectivity index (χ1n) is 7.21. The Hall–Kier alpha value is -1.91. The largest absolute Gasteiger partial charge is 0.459 e. The molecular formula is C13H29N6O4+. The zero-order valence-electron chi connectivity index (χ0n) is 13.9. The molecule has 0 aliphatic carbocycles. The lowest BCUT2D eigenvalue weighted by Gasteiger charge is -2.26. The third kappa shape index (κ3) is 8.96. The fourth-order valence-electron chi connectivity index (χ4n) is 1.78. The van der Waals surface area contributed by atoms with E-state index in [-0.39, 0.29) is 25.5 Å². The average molecular weight is 333 g/mol. The topological polar surface area (TPSA) is 180 Å². The van der Waals surface area contributed by atoms with E-state index in [4.69, 9.17) is 27.7 Å². The summed E-state index contributed by atoms with van der Waals surface area (Å²) in [6.45, 7) is 0.857. The summed E-state index contributed by atoms with van der Waals surface area (Å²) in [5.74, 6) is -2.77. The highest BCUT2D eigenvalue weighted by Crippen LogP contribution is 2.15. The number of nitrogens with zero attached hydrogens (tertiary/aromatic N) is 2. The van der Waals surface area contributed by atoms with E-state index in [9.17, 15) is 14.7 Å². The summed E-state index contributed by atoms with van der Waals surface area (Å²) in [4.78, 5) is 26.9. The number of rotatable bonds is 10. The smallest absolute Gasteiger partial charge is 0.323 e. The van der Waals surface area contributed by atoms with E-state index < -0.39 is 29.9 Å². The number of likely N-dealkylation sites (N-methyl/N-ethyl adjacent to an activating group) is 1. The normalized spacial score (nSPS) is 15.3. The van der Waals surface area contributed by atoms with Crippen LogP contribution in [0, 0.1) is 5.92 Å². The zero-order valence-corrected chi connectivity index (χ0v) is 13.9. The van der Waals surface area contributed by atoms with Crippen LogP contribution in [0.25, 0.3) is 0 Å². The lowest BCUT2D eigenvalue weighted by atomic mass is 9.90. The Morgan fingerprint density at radius 3 is 2.22 bits per heavy atom. The number of esters is 1. The second-order valence-corrected chi connectivity index (χ2v) is 6.31. The lowest BCUT2D eigenvalue weighted by Crippen LogP contribution is -2.50. The Labute approximate surface area is 136 Å². The van der Waals surface area contributed by atoms with Crippen LogP contribution in [0.1, 0.15) is 6.42 Å². The number of carbonyl (C=O) groups excluding carboxylic acids is 2. The maximum atomic E-state index is 12.0. The molecule has 9 N–H and O–H groups in total. The van der Waals surface area contributed by atoms with Gasteiger partial charge in [0.2, 0.25) is 5.91 Å². The molecule has 10 heteroatoms. The van der Waals surface area contributed by atoms with E-state index in [0.717, 1.165) is 0 Å². The quantitative estimate of drug-likeness (QED) is 0.120. The number of quaternary nitrogens is 1. The molecule has 0 fully saturated rings. The number of aliphatic hydroxyl groups is 1. The molecule has 0 aromatic carbocycles. The van der Waals surface area contributed by atoms with Crippen LogP contribution < -0.4 is 22.9 Å². The van der Waals surface area contributed by atoms with Crippen LogP contribution in [0.5, 0.6) is 0 Å². The van der Waals surface area contributed by atoms with Crippen LogP contribution >= 0.6 is 0 Å². The SMILES string of the molecule is C[N+](C)(C)CCOC(=O)[C@@H](N)C(CCN=C(N)N)C(O)C(N)=O. The lowest BCUT2D eigenvalue weighted by molar-refractivity contribution is -0.870. The molecule has 3 atom stereocenters. The van der Waals surface area contributed by atoms with E-state index in [1.807, 2.05) is 21.1 Å². The van der Waals surface area contributed by atoms with Crippen LogP contribution in [0.2, 0.25) is 0 Å². The number of hydrogen-bond acceptors (Lipinski definition) is 6. The summed E-state index contributed by atoms with van der Waals surface area (Å²) >= 11 is 0. The molecule has 0 aromatic rings. The number of carbonyl (C=O) groups is 2. The first kappa shape index (κ1) is 21.1. The minimum Gasteiger partial charge on any atom is -0.459 e. The first-order valence-corrected chi connectivity index (χ1v) is 7.21. The number of primary amides is 1. The number of aliphatic hydroxyl groups excluding tert-OH is 1. The minimum absolute atomic E-state index is 0.0944. The van der Waals surface area contributed by atoms with Gasteiger partial charge in [0.25, 0.3) is 0 Å². The molecule has 0 saturated carbocycles. The maximum absolute atomic E-state index is 12.0. The Balaban J connectivity index is 4.76. The van der Waals surface area contributed by atoms with Gasteiger partial charge in [0.15, 0.2) is 5.96 Å². The van der Waals surface area contributed by atoms with Crippen molar-refractivity contribution in [3.8, 4) is 0 Å². The van der Waals surface area contributed by atoms with Gasteiger partial charge in [0.05, 0.1) is 21.1 Å². The summed E-state index contributed by atoms with van der Waals surface area (Å²) in [5, 5.41) is 9.85. The van der Waals surface area contributed by atoms with Crippen molar-refractivity contribution >= 4 is 17.8 Å². The monoisotopic (exact) mass is 333 g/mol. The van der Waals surface area contributed by atoms with E-state index in [0.29, 0.717) is 11.0 Å². The van der Waals surface area contributed by atoms with Crippen LogP contribution in [-0.2, 0) is 14.3 Å². The molecule has 23 heavy (non-hydrogen) atoms. The van der Waals surface area contributed by atoms with Crippen molar-refractivity contribution in [2.75, 3.05) is 40.8 Å². The molecule has 134 valence electrons. The summed E-state index contributed by atoms with van der Waals surface area (Å²) in [5.41, 5.74) is 21.3. The Bertz CT molecular complexity index is 431. The molecule has 0 bridgehead atoms. The maximum Gasteiger partial charge on any atom is 0.323 e. The third-order valence-corrected chi connectivity index (χ3v) is 3.19.